The number of halogens is 4. The Morgan fingerprint density at radius 3 is 2.50 bits per heavy atom. The van der Waals surface area contributed by atoms with Gasteiger partial charge in [0.05, 0.1) is 5.02 Å². The van der Waals surface area contributed by atoms with Crippen molar-refractivity contribution in [2.24, 2.45) is 0 Å². The van der Waals surface area contributed by atoms with E-state index in [2.05, 4.69) is 4.18 Å². The first-order valence-corrected chi connectivity index (χ1v) is 6.82. The first kappa shape index (κ1) is 13.5. The second kappa shape index (κ2) is 4.31. The van der Waals surface area contributed by atoms with E-state index in [0.717, 1.165) is 24.5 Å². The highest BCUT2D eigenvalue weighted by Gasteiger charge is 2.48. The van der Waals surface area contributed by atoms with Crippen molar-refractivity contribution < 1.29 is 25.8 Å². The quantitative estimate of drug-likeness (QED) is 0.623. The summed E-state index contributed by atoms with van der Waals surface area (Å²) in [7, 11) is -5.68. The van der Waals surface area contributed by atoms with Gasteiger partial charge in [0.15, 0.2) is 5.75 Å². The van der Waals surface area contributed by atoms with Crippen LogP contribution >= 0.6 is 11.6 Å². The van der Waals surface area contributed by atoms with E-state index in [9.17, 15) is 21.6 Å². The van der Waals surface area contributed by atoms with Crippen LogP contribution in [-0.2, 0) is 23.0 Å². The number of benzene rings is 1. The molecule has 0 fully saturated rings. The zero-order chi connectivity index (χ0) is 13.6. The summed E-state index contributed by atoms with van der Waals surface area (Å²) in [6.45, 7) is 0. The lowest BCUT2D eigenvalue weighted by Crippen LogP contribution is -2.28. The molecule has 0 atom stereocenters. The Hall–Kier alpha value is -0.950. The van der Waals surface area contributed by atoms with Crippen molar-refractivity contribution in [1.82, 2.24) is 0 Å². The molecule has 3 nitrogen and oxygen atoms in total. The smallest absolute Gasteiger partial charge is 0.374 e. The third kappa shape index (κ3) is 2.29. The van der Waals surface area contributed by atoms with Gasteiger partial charge < -0.3 is 4.18 Å². The van der Waals surface area contributed by atoms with Gasteiger partial charge in [-0.25, -0.2) is 0 Å². The average Bonchev–Trinajstić information content (AvgIpc) is 2.69. The summed E-state index contributed by atoms with van der Waals surface area (Å²) in [5.41, 5.74) is -3.89. The number of aryl methyl sites for hydroxylation is 1. The summed E-state index contributed by atoms with van der Waals surface area (Å²) in [6, 6.07) is 2.69. The summed E-state index contributed by atoms with van der Waals surface area (Å²) in [5.74, 6) is -0.477. The summed E-state index contributed by atoms with van der Waals surface area (Å²) in [5, 5.41) is -0.0576. The summed E-state index contributed by atoms with van der Waals surface area (Å²) in [6.07, 6.45) is 2.23. The molecular weight excluding hydrogens is 293 g/mol. The van der Waals surface area contributed by atoms with Gasteiger partial charge in [0.25, 0.3) is 0 Å². The fraction of sp³-hybridized carbons (Fsp3) is 0.400. The zero-order valence-corrected chi connectivity index (χ0v) is 10.5. The Morgan fingerprint density at radius 2 is 1.89 bits per heavy atom. The van der Waals surface area contributed by atoms with E-state index in [-0.39, 0.29) is 5.02 Å². The summed E-state index contributed by atoms with van der Waals surface area (Å²) < 4.78 is 62.3. The van der Waals surface area contributed by atoms with E-state index in [1.54, 1.807) is 0 Å². The molecule has 1 aliphatic rings. The molecule has 0 bridgehead atoms. The van der Waals surface area contributed by atoms with Crippen LogP contribution in [0, 0.1) is 0 Å². The largest absolute Gasteiger partial charge is 0.534 e. The maximum atomic E-state index is 12.2. The predicted octanol–water partition coefficient (Wildman–Crippen LogP) is 3.06. The van der Waals surface area contributed by atoms with Crippen molar-refractivity contribution in [3.8, 4) is 5.75 Å². The molecule has 1 aromatic carbocycles. The average molecular weight is 301 g/mol. The van der Waals surface area contributed by atoms with Crippen LogP contribution in [0.15, 0.2) is 12.1 Å². The number of rotatable bonds is 2. The van der Waals surface area contributed by atoms with Gasteiger partial charge in [0.1, 0.15) is 0 Å². The second-order valence-corrected chi connectivity index (χ2v) is 5.77. The molecule has 0 radical (unpaired) electrons. The van der Waals surface area contributed by atoms with E-state index >= 15 is 0 Å². The van der Waals surface area contributed by atoms with E-state index < -0.39 is 21.4 Å². The number of hydrogen-bond acceptors (Lipinski definition) is 3. The van der Waals surface area contributed by atoms with Crippen molar-refractivity contribution >= 4 is 21.7 Å². The highest BCUT2D eigenvalue weighted by Crippen LogP contribution is 2.38. The molecule has 1 aromatic rings. The first-order chi connectivity index (χ1) is 8.22. The lowest BCUT2D eigenvalue weighted by Gasteiger charge is -2.12. The monoisotopic (exact) mass is 300 g/mol. The molecule has 1 aliphatic carbocycles. The number of hydrogen-bond donors (Lipinski definition) is 0. The van der Waals surface area contributed by atoms with Crippen molar-refractivity contribution in [1.29, 1.82) is 0 Å². The lowest BCUT2D eigenvalue weighted by atomic mass is 10.1. The highest BCUT2D eigenvalue weighted by atomic mass is 35.5. The van der Waals surface area contributed by atoms with Crippen molar-refractivity contribution in [2.75, 3.05) is 0 Å². The van der Waals surface area contributed by atoms with Gasteiger partial charge in [-0.05, 0) is 36.5 Å². The Morgan fingerprint density at radius 1 is 1.22 bits per heavy atom. The van der Waals surface area contributed by atoms with Crippen LogP contribution in [0.1, 0.15) is 17.5 Å². The maximum absolute atomic E-state index is 12.2. The minimum Gasteiger partial charge on any atom is -0.374 e. The molecule has 2 rings (SSSR count). The van der Waals surface area contributed by atoms with E-state index in [1.807, 2.05) is 0 Å². The van der Waals surface area contributed by atoms with Crippen LogP contribution in [0.3, 0.4) is 0 Å². The molecule has 0 aromatic heterocycles. The Kier molecular flexibility index (Phi) is 3.23. The molecule has 8 heteroatoms. The molecule has 0 saturated carbocycles. The van der Waals surface area contributed by atoms with Crippen molar-refractivity contribution in [2.45, 2.75) is 24.8 Å². The van der Waals surface area contributed by atoms with Gasteiger partial charge in [0, 0.05) is 0 Å². The topological polar surface area (TPSA) is 43.4 Å². The third-order valence-corrected chi connectivity index (χ3v) is 4.04. The molecule has 0 amide bonds. The third-order valence-electron chi connectivity index (χ3n) is 2.66. The Bertz CT molecular complexity index is 581. The van der Waals surface area contributed by atoms with Crippen LogP contribution < -0.4 is 4.18 Å². The standard InChI is InChI=1S/C10H8ClF3O3S/c11-9-7-3-1-2-6(7)4-5-8(9)17-18(15,16)10(12,13)14/h4-5H,1-3H2. The lowest BCUT2D eigenvalue weighted by molar-refractivity contribution is -0.0500. The van der Waals surface area contributed by atoms with Crippen LogP contribution in [0.2, 0.25) is 5.02 Å². The summed E-state index contributed by atoms with van der Waals surface area (Å²) in [4.78, 5) is 0. The molecule has 0 heterocycles. The van der Waals surface area contributed by atoms with Crippen molar-refractivity contribution in [3.05, 3.63) is 28.3 Å². The molecular formula is C10H8ClF3O3S. The Labute approximate surface area is 107 Å². The molecule has 100 valence electrons. The van der Waals surface area contributed by atoms with Crippen LogP contribution in [-0.4, -0.2) is 13.9 Å². The predicted molar refractivity (Wildman–Crippen MR) is 59.1 cm³/mol. The van der Waals surface area contributed by atoms with Crippen LogP contribution in [0.25, 0.3) is 0 Å². The molecule has 18 heavy (non-hydrogen) atoms. The Balaban J connectivity index is 2.38. The van der Waals surface area contributed by atoms with Gasteiger partial charge in [-0.3, -0.25) is 0 Å². The normalized spacial score (nSPS) is 15.6. The minimum atomic E-state index is -5.68. The number of alkyl halides is 3. The first-order valence-electron chi connectivity index (χ1n) is 5.03. The maximum Gasteiger partial charge on any atom is 0.534 e. The molecule has 0 N–H and O–H groups in total. The molecule has 0 aliphatic heterocycles. The van der Waals surface area contributed by atoms with Gasteiger partial charge >= 0.3 is 15.6 Å². The van der Waals surface area contributed by atoms with Gasteiger partial charge in [-0.2, -0.15) is 21.6 Å². The molecule has 0 spiro atoms. The fourth-order valence-corrected chi connectivity index (χ4v) is 2.66. The minimum absolute atomic E-state index is 0.0576. The molecule has 0 saturated heterocycles. The zero-order valence-electron chi connectivity index (χ0n) is 8.92. The highest BCUT2D eigenvalue weighted by molar-refractivity contribution is 7.88. The SMILES string of the molecule is O=S(=O)(Oc1ccc2c(c1Cl)CCC2)C(F)(F)F. The summed E-state index contributed by atoms with van der Waals surface area (Å²) >= 11 is 5.85. The van der Waals surface area contributed by atoms with Crippen LogP contribution in [0.5, 0.6) is 5.75 Å². The second-order valence-electron chi connectivity index (χ2n) is 3.85. The van der Waals surface area contributed by atoms with E-state index in [0.29, 0.717) is 12.0 Å². The van der Waals surface area contributed by atoms with Gasteiger partial charge in [-0.15, -0.1) is 0 Å². The van der Waals surface area contributed by atoms with E-state index in [1.165, 1.54) is 6.07 Å². The molecule has 0 unspecified atom stereocenters. The number of fused-ring (bicyclic) bond motifs is 1. The van der Waals surface area contributed by atoms with Crippen molar-refractivity contribution in [3.63, 3.8) is 0 Å². The van der Waals surface area contributed by atoms with Gasteiger partial charge in [0.2, 0.25) is 0 Å². The van der Waals surface area contributed by atoms with Crippen LogP contribution in [0.4, 0.5) is 13.2 Å². The fourth-order valence-electron chi connectivity index (χ4n) is 1.83. The van der Waals surface area contributed by atoms with Gasteiger partial charge in [-0.1, -0.05) is 17.7 Å². The van der Waals surface area contributed by atoms with E-state index in [4.69, 9.17) is 11.6 Å².